The average Bonchev–Trinajstić information content (AvgIpc) is 2.65. The lowest BCUT2D eigenvalue weighted by molar-refractivity contribution is -0.132. The Hall–Kier alpha value is -2.21. The Labute approximate surface area is 175 Å². The first-order chi connectivity index (χ1) is 13.2. The van der Waals surface area contributed by atoms with Crippen LogP contribution in [0.25, 0.3) is 0 Å². The van der Waals surface area contributed by atoms with E-state index in [-0.39, 0.29) is 17.9 Å². The Morgan fingerprint density at radius 3 is 2.21 bits per heavy atom. The van der Waals surface area contributed by atoms with Gasteiger partial charge in [-0.15, -0.1) is 0 Å². The summed E-state index contributed by atoms with van der Waals surface area (Å²) < 4.78 is 17.1. The summed E-state index contributed by atoms with van der Waals surface area (Å²) in [5.41, 5.74) is 2.20. The van der Waals surface area contributed by atoms with Gasteiger partial charge in [0.1, 0.15) is 5.75 Å². The van der Waals surface area contributed by atoms with Gasteiger partial charge in [-0.25, -0.2) is 0 Å². The van der Waals surface area contributed by atoms with Crippen LogP contribution in [0, 0.1) is 0 Å². The highest BCUT2D eigenvalue weighted by Crippen LogP contribution is 2.31. The van der Waals surface area contributed by atoms with E-state index >= 15 is 0 Å². The van der Waals surface area contributed by atoms with Gasteiger partial charge in [0.25, 0.3) is 5.91 Å². The van der Waals surface area contributed by atoms with Gasteiger partial charge in [-0.3, -0.25) is 4.79 Å². The summed E-state index contributed by atoms with van der Waals surface area (Å²) in [5.74, 6) is 1.84. The molecule has 2 rings (SSSR count). The molecule has 28 heavy (non-hydrogen) atoms. The van der Waals surface area contributed by atoms with Crippen LogP contribution in [0.1, 0.15) is 31.9 Å². The van der Waals surface area contributed by atoms with Crippen LogP contribution in [0.15, 0.2) is 40.9 Å². The van der Waals surface area contributed by atoms with E-state index in [9.17, 15) is 4.79 Å². The van der Waals surface area contributed by atoms with E-state index in [2.05, 4.69) is 36.7 Å². The number of nitrogens with zero attached hydrogens (tertiary/aromatic N) is 1. The van der Waals surface area contributed by atoms with E-state index < -0.39 is 0 Å². The molecule has 0 saturated carbocycles. The molecule has 0 fully saturated rings. The predicted octanol–water partition coefficient (Wildman–Crippen LogP) is 4.80. The molecule has 0 aliphatic heterocycles. The number of ether oxygens (including phenoxy) is 3. The third kappa shape index (κ3) is 5.64. The highest BCUT2D eigenvalue weighted by atomic mass is 79.9. The second-order valence-corrected chi connectivity index (χ2v) is 8.48. The smallest absolute Gasteiger partial charge is 0.260 e. The number of rotatable bonds is 7. The molecule has 0 spiro atoms. The topological polar surface area (TPSA) is 48.0 Å². The zero-order valence-electron chi connectivity index (χ0n) is 17.3. The highest BCUT2D eigenvalue weighted by molar-refractivity contribution is 9.10. The van der Waals surface area contributed by atoms with Gasteiger partial charge in [0.2, 0.25) is 0 Å². The van der Waals surface area contributed by atoms with Crippen LogP contribution in [-0.2, 0) is 16.8 Å². The Bertz CT molecular complexity index is 830. The number of hydrogen-bond acceptors (Lipinski definition) is 4. The monoisotopic (exact) mass is 449 g/mol. The van der Waals surface area contributed by atoms with Crippen molar-refractivity contribution >= 4 is 21.8 Å². The second-order valence-electron chi connectivity index (χ2n) is 7.62. The molecule has 0 bridgehead atoms. The molecule has 1 amide bonds. The van der Waals surface area contributed by atoms with Crippen LogP contribution in [0.3, 0.4) is 0 Å². The molecule has 0 heterocycles. The number of amides is 1. The van der Waals surface area contributed by atoms with Crippen LogP contribution in [0.2, 0.25) is 0 Å². The van der Waals surface area contributed by atoms with Crippen LogP contribution in [0.5, 0.6) is 17.2 Å². The molecule has 152 valence electrons. The van der Waals surface area contributed by atoms with Crippen molar-refractivity contribution < 1.29 is 19.0 Å². The first-order valence-corrected chi connectivity index (χ1v) is 9.82. The molecule has 0 unspecified atom stereocenters. The number of methoxy groups -OCH3 is 2. The number of hydrogen-bond donors (Lipinski definition) is 0. The van der Waals surface area contributed by atoms with Gasteiger partial charge in [0.05, 0.1) is 18.7 Å². The van der Waals surface area contributed by atoms with Crippen molar-refractivity contribution in [2.45, 2.75) is 32.7 Å². The molecule has 0 aliphatic carbocycles. The van der Waals surface area contributed by atoms with Crippen molar-refractivity contribution in [1.29, 1.82) is 0 Å². The zero-order chi connectivity index (χ0) is 20.9. The maximum Gasteiger partial charge on any atom is 0.260 e. The van der Waals surface area contributed by atoms with Crippen molar-refractivity contribution in [2.24, 2.45) is 0 Å². The lowest BCUT2D eigenvalue weighted by atomic mass is 9.87. The number of carbonyl (C=O) groups excluding carboxylic acids is 1. The molecule has 0 aromatic heterocycles. The number of benzene rings is 2. The Morgan fingerprint density at radius 2 is 1.64 bits per heavy atom. The van der Waals surface area contributed by atoms with Gasteiger partial charge in [-0.05, 0) is 56.7 Å². The van der Waals surface area contributed by atoms with Crippen LogP contribution in [-0.4, -0.2) is 38.7 Å². The SMILES string of the molecule is COc1ccc(CN(C)C(=O)COc2ccc(C(C)(C)C)cc2Br)cc1OC. The standard InChI is InChI=1S/C22H28BrNO4/c1-22(2,3)16-8-10-18(17(23)12-16)28-14-21(25)24(4)13-15-7-9-19(26-5)20(11-15)27-6/h7-12H,13-14H2,1-6H3. The fourth-order valence-corrected chi connectivity index (χ4v) is 3.17. The predicted molar refractivity (Wildman–Crippen MR) is 114 cm³/mol. The third-order valence-corrected chi connectivity index (χ3v) is 5.06. The first kappa shape index (κ1) is 22.1. The fourth-order valence-electron chi connectivity index (χ4n) is 2.68. The van der Waals surface area contributed by atoms with Gasteiger partial charge in [0.15, 0.2) is 18.1 Å². The van der Waals surface area contributed by atoms with E-state index in [1.54, 1.807) is 26.2 Å². The van der Waals surface area contributed by atoms with Crippen molar-refractivity contribution in [3.63, 3.8) is 0 Å². The highest BCUT2D eigenvalue weighted by Gasteiger charge is 2.17. The number of halogens is 1. The molecular formula is C22H28BrNO4. The molecule has 0 aliphatic rings. The van der Waals surface area contributed by atoms with E-state index in [1.807, 2.05) is 36.4 Å². The third-order valence-electron chi connectivity index (χ3n) is 4.44. The molecule has 2 aromatic rings. The summed E-state index contributed by atoms with van der Waals surface area (Å²) in [4.78, 5) is 14.1. The molecule has 5 nitrogen and oxygen atoms in total. The molecule has 0 saturated heterocycles. The molecule has 0 radical (unpaired) electrons. The first-order valence-electron chi connectivity index (χ1n) is 9.03. The van der Waals surface area contributed by atoms with Crippen LogP contribution < -0.4 is 14.2 Å². The summed E-state index contributed by atoms with van der Waals surface area (Å²) >= 11 is 3.53. The van der Waals surface area contributed by atoms with Crippen LogP contribution in [0.4, 0.5) is 0 Å². The molecule has 6 heteroatoms. The quantitative estimate of drug-likeness (QED) is 0.608. The van der Waals surface area contributed by atoms with Crippen molar-refractivity contribution in [2.75, 3.05) is 27.9 Å². The minimum atomic E-state index is -0.110. The van der Waals surface area contributed by atoms with E-state index in [4.69, 9.17) is 14.2 Å². The summed E-state index contributed by atoms with van der Waals surface area (Å²) in [7, 11) is 4.93. The van der Waals surface area contributed by atoms with Crippen molar-refractivity contribution in [1.82, 2.24) is 4.90 Å². The fraction of sp³-hybridized carbons (Fsp3) is 0.409. The van der Waals surface area contributed by atoms with E-state index in [1.165, 1.54) is 5.56 Å². The Morgan fingerprint density at radius 1 is 1.00 bits per heavy atom. The summed E-state index contributed by atoms with van der Waals surface area (Å²) in [6.07, 6.45) is 0. The minimum Gasteiger partial charge on any atom is -0.493 e. The maximum atomic E-state index is 12.5. The van der Waals surface area contributed by atoms with Gasteiger partial charge in [-0.1, -0.05) is 32.9 Å². The zero-order valence-corrected chi connectivity index (χ0v) is 18.9. The Kier molecular flexibility index (Phi) is 7.35. The van der Waals surface area contributed by atoms with Crippen molar-refractivity contribution in [3.05, 3.63) is 52.0 Å². The summed E-state index contributed by atoms with van der Waals surface area (Å²) in [6.45, 7) is 6.88. The molecule has 0 atom stereocenters. The summed E-state index contributed by atoms with van der Waals surface area (Å²) in [6, 6.07) is 11.6. The minimum absolute atomic E-state index is 0.0305. The largest absolute Gasteiger partial charge is 0.493 e. The van der Waals surface area contributed by atoms with Gasteiger partial charge >= 0.3 is 0 Å². The molecule has 0 N–H and O–H groups in total. The second kappa shape index (κ2) is 9.32. The van der Waals surface area contributed by atoms with Crippen molar-refractivity contribution in [3.8, 4) is 17.2 Å². The van der Waals surface area contributed by atoms with E-state index in [0.717, 1.165) is 10.0 Å². The maximum absolute atomic E-state index is 12.5. The normalized spacial score (nSPS) is 11.1. The van der Waals surface area contributed by atoms with Crippen LogP contribution >= 0.6 is 15.9 Å². The number of carbonyl (C=O) groups is 1. The average molecular weight is 450 g/mol. The van der Waals surface area contributed by atoms with Gasteiger partial charge in [0, 0.05) is 13.6 Å². The summed E-state index contributed by atoms with van der Waals surface area (Å²) in [5, 5.41) is 0. The molecular weight excluding hydrogens is 422 g/mol. The van der Waals surface area contributed by atoms with Gasteiger partial charge < -0.3 is 19.1 Å². The molecule has 2 aromatic carbocycles. The van der Waals surface area contributed by atoms with E-state index in [0.29, 0.717) is 23.8 Å². The lowest BCUT2D eigenvalue weighted by Gasteiger charge is -2.21. The van der Waals surface area contributed by atoms with Gasteiger partial charge in [-0.2, -0.15) is 0 Å². The Balaban J connectivity index is 1.98. The lowest BCUT2D eigenvalue weighted by Crippen LogP contribution is -2.31. The number of likely N-dealkylation sites (N-methyl/N-ethyl adjacent to an activating group) is 1.